The number of nitrogens with one attached hydrogen (secondary N) is 2. The highest BCUT2D eigenvalue weighted by molar-refractivity contribution is 6.31. The fourth-order valence-corrected chi connectivity index (χ4v) is 3.18. The Morgan fingerprint density at radius 3 is 2.26 bits per heavy atom. The molecule has 0 radical (unpaired) electrons. The van der Waals surface area contributed by atoms with Gasteiger partial charge in [0.05, 0.1) is 22.5 Å². The van der Waals surface area contributed by atoms with E-state index in [0.717, 1.165) is 18.2 Å². The van der Waals surface area contributed by atoms with Crippen LogP contribution in [-0.4, -0.2) is 34.3 Å². The summed E-state index contributed by atoms with van der Waals surface area (Å²) in [6.07, 6.45) is 2.96. The molecule has 0 unspecified atom stereocenters. The van der Waals surface area contributed by atoms with Crippen molar-refractivity contribution < 1.29 is 33.7 Å². The van der Waals surface area contributed by atoms with E-state index in [1.54, 1.807) is 13.0 Å². The predicted molar refractivity (Wildman–Crippen MR) is 121 cm³/mol. The Kier molecular flexibility index (Phi) is 7.19. The number of hydrogen-bond acceptors (Lipinski definition) is 9. The molecule has 13 heteroatoms. The van der Waals surface area contributed by atoms with Crippen LogP contribution < -0.4 is 20.1 Å². The number of rotatable bonds is 9. The second-order valence-electron chi connectivity index (χ2n) is 7.00. The zero-order valence-electron chi connectivity index (χ0n) is 18.2. The van der Waals surface area contributed by atoms with Crippen LogP contribution >= 0.6 is 0 Å². The van der Waals surface area contributed by atoms with Crippen molar-refractivity contribution in [2.45, 2.75) is 13.3 Å². The van der Waals surface area contributed by atoms with E-state index in [0.29, 0.717) is 11.1 Å². The van der Waals surface area contributed by atoms with Gasteiger partial charge in [0.1, 0.15) is 5.57 Å². The van der Waals surface area contributed by atoms with Gasteiger partial charge in [-0.15, -0.1) is 6.58 Å². The number of carbonyl (C=O) groups is 3. The summed E-state index contributed by atoms with van der Waals surface area (Å²) in [7, 11) is 0. The maximum Gasteiger partial charge on any atom is 0.328 e. The molecule has 2 aromatic rings. The number of imide groups is 2. The number of nitrogens with zero attached hydrogens (tertiary/aromatic N) is 2. The minimum atomic E-state index is -0.937. The van der Waals surface area contributed by atoms with Crippen LogP contribution in [0.25, 0.3) is 6.08 Å². The minimum Gasteiger partial charge on any atom is -0.490 e. The minimum absolute atomic E-state index is 0.0820. The maximum absolute atomic E-state index is 12.1. The fourth-order valence-electron chi connectivity index (χ4n) is 3.18. The Bertz CT molecular complexity index is 1280. The molecular weight excluding hydrogens is 464 g/mol. The molecule has 0 aliphatic carbocycles. The summed E-state index contributed by atoms with van der Waals surface area (Å²) in [5.41, 5.74) is -0.664. The van der Waals surface area contributed by atoms with E-state index >= 15 is 0 Å². The molecule has 2 aromatic carbocycles. The number of ether oxygens (including phenoxy) is 2. The number of non-ortho nitro benzene ring substituents is 1. The highest BCUT2D eigenvalue weighted by Crippen LogP contribution is 2.41. The lowest BCUT2D eigenvalue weighted by Crippen LogP contribution is -2.51. The first kappa shape index (κ1) is 24.6. The zero-order valence-corrected chi connectivity index (χ0v) is 18.2. The Morgan fingerprint density at radius 2 is 1.69 bits per heavy atom. The van der Waals surface area contributed by atoms with Crippen molar-refractivity contribution in [1.29, 1.82) is 0 Å². The van der Waals surface area contributed by atoms with Crippen molar-refractivity contribution in [3.05, 3.63) is 79.9 Å². The number of nitro benzene ring substituents is 2. The number of amides is 4. The van der Waals surface area contributed by atoms with Crippen LogP contribution in [0.5, 0.6) is 17.2 Å². The molecule has 180 valence electrons. The van der Waals surface area contributed by atoms with Crippen molar-refractivity contribution in [2.75, 3.05) is 6.61 Å². The van der Waals surface area contributed by atoms with Crippen molar-refractivity contribution in [2.24, 2.45) is 0 Å². The van der Waals surface area contributed by atoms with E-state index in [1.165, 1.54) is 18.2 Å². The molecule has 1 heterocycles. The van der Waals surface area contributed by atoms with Gasteiger partial charge in [0.25, 0.3) is 17.5 Å². The van der Waals surface area contributed by atoms with E-state index in [2.05, 4.69) is 6.58 Å². The van der Waals surface area contributed by atoms with Crippen LogP contribution in [0, 0.1) is 20.2 Å². The molecule has 3 rings (SSSR count). The van der Waals surface area contributed by atoms with Crippen LogP contribution in [0.1, 0.15) is 18.1 Å². The lowest BCUT2D eigenvalue weighted by atomic mass is 10.0. The number of allylic oxidation sites excluding steroid dienone is 1. The van der Waals surface area contributed by atoms with E-state index in [1.807, 2.05) is 10.6 Å². The monoisotopic (exact) mass is 482 g/mol. The first-order valence-electron chi connectivity index (χ1n) is 10.0. The Morgan fingerprint density at radius 1 is 1.00 bits per heavy atom. The Labute approximate surface area is 197 Å². The van der Waals surface area contributed by atoms with E-state index in [9.17, 15) is 34.6 Å². The summed E-state index contributed by atoms with van der Waals surface area (Å²) in [4.78, 5) is 56.4. The average molecular weight is 482 g/mol. The highest BCUT2D eigenvalue weighted by Gasteiger charge is 2.28. The lowest BCUT2D eigenvalue weighted by Gasteiger charge is -2.17. The van der Waals surface area contributed by atoms with Gasteiger partial charge in [-0.25, -0.2) is 4.79 Å². The average Bonchev–Trinajstić information content (AvgIpc) is 2.78. The summed E-state index contributed by atoms with van der Waals surface area (Å²) in [6.45, 7) is 5.53. The fraction of sp³-hybridized carbons (Fsp3) is 0.136. The molecule has 0 saturated carbocycles. The smallest absolute Gasteiger partial charge is 0.328 e. The second kappa shape index (κ2) is 10.2. The predicted octanol–water partition coefficient (Wildman–Crippen LogP) is 3.17. The third-order valence-corrected chi connectivity index (χ3v) is 4.63. The standard InChI is InChI=1S/C22H18N4O9/c1-3-5-13-8-12(9-15-20(27)23-22(29)24-21(15)28)10-18(34-4-2)19(13)35-17-7-6-14(25(30)31)11-16(17)26(32)33/h3,6-11H,1,4-5H2,2H3,(H2,23,24,27,28,29). The third kappa shape index (κ3) is 5.47. The molecule has 0 bridgehead atoms. The normalized spacial score (nSPS) is 12.9. The summed E-state index contributed by atoms with van der Waals surface area (Å²) >= 11 is 0. The number of hydrogen-bond donors (Lipinski definition) is 2. The highest BCUT2D eigenvalue weighted by atomic mass is 16.6. The molecule has 0 atom stereocenters. The van der Waals surface area contributed by atoms with Crippen molar-refractivity contribution in [1.82, 2.24) is 10.6 Å². The van der Waals surface area contributed by atoms with Gasteiger partial charge in [0.15, 0.2) is 11.5 Å². The van der Waals surface area contributed by atoms with E-state index < -0.39 is 39.1 Å². The molecule has 1 saturated heterocycles. The summed E-state index contributed by atoms with van der Waals surface area (Å²) in [5.74, 6) is -1.83. The topological polar surface area (TPSA) is 180 Å². The second-order valence-corrected chi connectivity index (χ2v) is 7.00. The molecular formula is C22H18N4O9. The van der Waals surface area contributed by atoms with E-state index in [-0.39, 0.29) is 35.8 Å². The first-order chi connectivity index (χ1) is 16.6. The van der Waals surface area contributed by atoms with Gasteiger partial charge in [-0.05, 0) is 43.2 Å². The molecule has 0 aromatic heterocycles. The molecule has 1 aliphatic rings. The molecule has 35 heavy (non-hydrogen) atoms. The molecule has 1 aliphatic heterocycles. The SMILES string of the molecule is C=CCc1cc(C=C2C(=O)NC(=O)NC2=O)cc(OCC)c1Oc1ccc([N+](=O)[O-])cc1[N+](=O)[O-]. The molecule has 13 nitrogen and oxygen atoms in total. The van der Waals surface area contributed by atoms with Gasteiger partial charge >= 0.3 is 11.7 Å². The largest absolute Gasteiger partial charge is 0.490 e. The number of benzene rings is 2. The van der Waals surface area contributed by atoms with Crippen LogP contribution in [0.2, 0.25) is 0 Å². The molecule has 0 spiro atoms. The Hall–Kier alpha value is -5.07. The maximum atomic E-state index is 12.1. The quantitative estimate of drug-likeness (QED) is 0.178. The van der Waals surface area contributed by atoms with Crippen LogP contribution in [-0.2, 0) is 16.0 Å². The van der Waals surface area contributed by atoms with Gasteiger partial charge in [-0.1, -0.05) is 6.08 Å². The Balaban J connectivity index is 2.13. The van der Waals surface area contributed by atoms with Crippen molar-refractivity contribution >= 4 is 35.3 Å². The summed E-state index contributed by atoms with van der Waals surface area (Å²) in [5, 5.41) is 26.5. The van der Waals surface area contributed by atoms with Crippen LogP contribution in [0.15, 0.2) is 48.6 Å². The molecule has 2 N–H and O–H groups in total. The number of urea groups is 1. The molecule has 1 fully saturated rings. The van der Waals surface area contributed by atoms with Crippen molar-refractivity contribution in [3.63, 3.8) is 0 Å². The van der Waals surface area contributed by atoms with Gasteiger partial charge < -0.3 is 9.47 Å². The summed E-state index contributed by atoms with van der Waals surface area (Å²) in [6, 6.07) is 4.99. The van der Waals surface area contributed by atoms with Crippen LogP contribution in [0.4, 0.5) is 16.2 Å². The van der Waals surface area contributed by atoms with Crippen molar-refractivity contribution in [3.8, 4) is 17.2 Å². The lowest BCUT2D eigenvalue weighted by molar-refractivity contribution is -0.394. The number of carbonyl (C=O) groups excluding carboxylic acids is 3. The number of barbiturate groups is 1. The van der Waals surface area contributed by atoms with E-state index in [4.69, 9.17) is 9.47 Å². The number of nitro groups is 2. The molecule has 4 amide bonds. The van der Waals surface area contributed by atoms with Gasteiger partial charge in [-0.2, -0.15) is 0 Å². The zero-order chi connectivity index (χ0) is 25.7. The summed E-state index contributed by atoms with van der Waals surface area (Å²) < 4.78 is 11.5. The van der Waals surface area contributed by atoms with Gasteiger partial charge in [0.2, 0.25) is 5.75 Å². The third-order valence-electron chi connectivity index (χ3n) is 4.63. The first-order valence-corrected chi connectivity index (χ1v) is 10.0. The van der Waals surface area contributed by atoms with Crippen LogP contribution in [0.3, 0.4) is 0 Å². The van der Waals surface area contributed by atoms with Gasteiger partial charge in [-0.3, -0.25) is 40.5 Å². The van der Waals surface area contributed by atoms with Gasteiger partial charge in [0, 0.05) is 11.6 Å².